The van der Waals surface area contributed by atoms with E-state index in [-0.39, 0.29) is 18.9 Å². The summed E-state index contributed by atoms with van der Waals surface area (Å²) in [5.74, 6) is -1.07. The number of hydrogen-bond acceptors (Lipinski definition) is 5. The van der Waals surface area contributed by atoms with Crippen molar-refractivity contribution in [2.45, 2.75) is 20.1 Å². The number of rotatable bonds is 8. The molecule has 0 radical (unpaired) electrons. The van der Waals surface area contributed by atoms with Gasteiger partial charge in [0.1, 0.15) is 5.58 Å². The number of halogens is 1. The lowest BCUT2D eigenvalue weighted by atomic mass is 10.1. The van der Waals surface area contributed by atoms with Crippen LogP contribution in [0.1, 0.15) is 28.6 Å². The summed E-state index contributed by atoms with van der Waals surface area (Å²) in [5, 5.41) is 4.05. The smallest absolute Gasteiger partial charge is 0.375 e. The highest BCUT2D eigenvalue weighted by molar-refractivity contribution is 6.30. The summed E-state index contributed by atoms with van der Waals surface area (Å²) >= 11 is 5.91. The lowest BCUT2D eigenvalue weighted by Gasteiger charge is -2.07. The predicted molar refractivity (Wildman–Crippen MR) is 105 cm³/mol. The van der Waals surface area contributed by atoms with Crippen molar-refractivity contribution in [3.05, 3.63) is 70.4 Å². The molecule has 1 N–H and O–H groups in total. The first-order valence-electron chi connectivity index (χ1n) is 8.85. The maximum Gasteiger partial charge on any atom is 0.375 e. The number of para-hydroxylation sites is 1. The van der Waals surface area contributed by atoms with Gasteiger partial charge in [0.25, 0.3) is 5.91 Å². The number of esters is 1. The quantitative estimate of drug-likeness (QED) is 0.575. The number of carbonyl (C=O) groups excluding carboxylic acids is 2. The third kappa shape index (κ3) is 4.91. The molecule has 0 aliphatic rings. The van der Waals surface area contributed by atoms with Crippen LogP contribution < -0.4 is 5.32 Å². The number of benzene rings is 2. The monoisotopic (exact) mass is 401 g/mol. The molecule has 6 nitrogen and oxygen atoms in total. The molecule has 0 bridgehead atoms. The van der Waals surface area contributed by atoms with Crippen LogP contribution >= 0.6 is 11.6 Å². The first-order chi connectivity index (χ1) is 13.6. The van der Waals surface area contributed by atoms with Crippen LogP contribution in [0.2, 0.25) is 5.02 Å². The van der Waals surface area contributed by atoms with Crippen LogP contribution in [0, 0.1) is 0 Å². The van der Waals surface area contributed by atoms with Crippen molar-refractivity contribution in [2.75, 3.05) is 13.2 Å². The Morgan fingerprint density at radius 3 is 2.75 bits per heavy atom. The van der Waals surface area contributed by atoms with Gasteiger partial charge in [-0.1, -0.05) is 41.9 Å². The van der Waals surface area contributed by atoms with Gasteiger partial charge >= 0.3 is 5.97 Å². The molecular formula is C21H20ClNO5. The molecule has 0 aliphatic carbocycles. The van der Waals surface area contributed by atoms with Gasteiger partial charge in [0, 0.05) is 29.1 Å². The Kier molecular flexibility index (Phi) is 6.68. The van der Waals surface area contributed by atoms with E-state index in [1.807, 2.05) is 31.2 Å². The number of hydrogen-bond donors (Lipinski definition) is 1. The molecule has 0 aliphatic heterocycles. The standard InChI is InChI=1S/C21H20ClNO5/c1-2-26-12-17-16-8-3-4-9-18(16)28-20(17)21(25)27-13-19(24)23-11-14-6-5-7-15(22)10-14/h3-10H,2,11-13H2,1H3,(H,23,24). The van der Waals surface area contributed by atoms with Gasteiger partial charge in [-0.05, 0) is 30.7 Å². The normalized spacial score (nSPS) is 10.8. The van der Waals surface area contributed by atoms with E-state index in [2.05, 4.69) is 5.32 Å². The fourth-order valence-electron chi connectivity index (χ4n) is 2.71. The average Bonchev–Trinajstić information content (AvgIpc) is 3.07. The molecule has 1 heterocycles. The van der Waals surface area contributed by atoms with Gasteiger partial charge in [-0.15, -0.1) is 0 Å². The van der Waals surface area contributed by atoms with E-state index in [0.717, 1.165) is 10.9 Å². The molecule has 7 heteroatoms. The van der Waals surface area contributed by atoms with Crippen molar-refractivity contribution in [3.63, 3.8) is 0 Å². The fourth-order valence-corrected chi connectivity index (χ4v) is 2.92. The van der Waals surface area contributed by atoms with Crippen molar-refractivity contribution in [2.24, 2.45) is 0 Å². The number of furan rings is 1. The zero-order valence-corrected chi connectivity index (χ0v) is 16.1. The van der Waals surface area contributed by atoms with Crippen LogP contribution in [-0.4, -0.2) is 25.1 Å². The Morgan fingerprint density at radius 2 is 1.96 bits per heavy atom. The minimum absolute atomic E-state index is 0.0530. The minimum atomic E-state index is -0.705. The fraction of sp³-hybridized carbons (Fsp3) is 0.238. The second-order valence-corrected chi connectivity index (χ2v) is 6.46. The van der Waals surface area contributed by atoms with Gasteiger partial charge in [-0.3, -0.25) is 4.79 Å². The molecule has 0 unspecified atom stereocenters. The molecule has 3 aromatic rings. The van der Waals surface area contributed by atoms with Gasteiger partial charge in [0.15, 0.2) is 6.61 Å². The Bertz CT molecular complexity index is 982. The van der Waals surface area contributed by atoms with Crippen LogP contribution in [0.3, 0.4) is 0 Å². The van der Waals surface area contributed by atoms with Crippen LogP contribution in [0.5, 0.6) is 0 Å². The molecule has 0 saturated heterocycles. The van der Waals surface area contributed by atoms with Crippen molar-refractivity contribution < 1.29 is 23.5 Å². The number of nitrogens with one attached hydrogen (secondary N) is 1. The van der Waals surface area contributed by atoms with Gasteiger partial charge in [0.05, 0.1) is 6.61 Å². The Morgan fingerprint density at radius 1 is 1.14 bits per heavy atom. The number of carbonyl (C=O) groups is 2. The first-order valence-corrected chi connectivity index (χ1v) is 9.22. The van der Waals surface area contributed by atoms with Crippen LogP contribution in [0.15, 0.2) is 52.9 Å². The minimum Gasteiger partial charge on any atom is -0.450 e. The molecule has 0 atom stereocenters. The molecular weight excluding hydrogens is 382 g/mol. The zero-order valence-electron chi connectivity index (χ0n) is 15.4. The molecule has 28 heavy (non-hydrogen) atoms. The Hall–Kier alpha value is -2.83. The molecule has 0 saturated carbocycles. The predicted octanol–water partition coefficient (Wildman–Crippen LogP) is 4.10. The van der Waals surface area contributed by atoms with E-state index in [9.17, 15) is 9.59 Å². The van der Waals surface area contributed by atoms with Gasteiger partial charge in [-0.2, -0.15) is 0 Å². The summed E-state index contributed by atoms with van der Waals surface area (Å²) in [6.07, 6.45) is 0. The van der Waals surface area contributed by atoms with Crippen LogP contribution in [-0.2, 0) is 27.4 Å². The molecule has 2 aromatic carbocycles. The maximum absolute atomic E-state index is 12.5. The summed E-state index contributed by atoms with van der Waals surface area (Å²) in [4.78, 5) is 24.4. The molecule has 0 spiro atoms. The molecule has 1 amide bonds. The van der Waals surface area contributed by atoms with Crippen molar-refractivity contribution in [1.82, 2.24) is 5.32 Å². The highest BCUT2D eigenvalue weighted by Gasteiger charge is 2.22. The zero-order chi connectivity index (χ0) is 19.9. The molecule has 3 rings (SSSR count). The second-order valence-electron chi connectivity index (χ2n) is 6.03. The van der Waals surface area contributed by atoms with E-state index in [1.54, 1.807) is 24.3 Å². The summed E-state index contributed by atoms with van der Waals surface area (Å²) < 4.78 is 16.2. The summed E-state index contributed by atoms with van der Waals surface area (Å²) in [5.41, 5.74) is 2.03. The lowest BCUT2D eigenvalue weighted by molar-refractivity contribution is -0.124. The third-order valence-electron chi connectivity index (χ3n) is 4.05. The third-order valence-corrected chi connectivity index (χ3v) is 4.28. The summed E-state index contributed by atoms with van der Waals surface area (Å²) in [6, 6.07) is 14.4. The lowest BCUT2D eigenvalue weighted by Crippen LogP contribution is -2.28. The van der Waals surface area contributed by atoms with Gasteiger partial charge in [-0.25, -0.2) is 4.79 Å². The van der Waals surface area contributed by atoms with Crippen LogP contribution in [0.4, 0.5) is 0 Å². The van der Waals surface area contributed by atoms with E-state index in [4.69, 9.17) is 25.5 Å². The molecule has 1 aromatic heterocycles. The second kappa shape index (κ2) is 9.39. The topological polar surface area (TPSA) is 77.8 Å². The summed E-state index contributed by atoms with van der Waals surface area (Å²) in [6.45, 7) is 2.46. The van der Waals surface area contributed by atoms with Crippen molar-refractivity contribution in [1.29, 1.82) is 0 Å². The SMILES string of the molecule is CCOCc1c(C(=O)OCC(=O)NCc2cccc(Cl)c2)oc2ccccc12. The number of ether oxygens (including phenoxy) is 2. The molecule has 0 fully saturated rings. The van der Waals surface area contributed by atoms with Gasteiger partial charge < -0.3 is 19.2 Å². The van der Waals surface area contributed by atoms with Crippen LogP contribution in [0.25, 0.3) is 11.0 Å². The van der Waals surface area contributed by atoms with Crippen molar-refractivity contribution in [3.8, 4) is 0 Å². The average molecular weight is 402 g/mol. The number of amides is 1. The number of fused-ring (bicyclic) bond motifs is 1. The van der Waals surface area contributed by atoms with Crippen molar-refractivity contribution >= 4 is 34.4 Å². The Labute approximate surface area is 167 Å². The highest BCUT2D eigenvalue weighted by Crippen LogP contribution is 2.27. The summed E-state index contributed by atoms with van der Waals surface area (Å²) in [7, 11) is 0. The first kappa shape index (κ1) is 19.9. The Balaban J connectivity index is 1.62. The highest BCUT2D eigenvalue weighted by atomic mass is 35.5. The van der Waals surface area contributed by atoms with E-state index >= 15 is 0 Å². The maximum atomic E-state index is 12.5. The van der Waals surface area contributed by atoms with Gasteiger partial charge in [0.2, 0.25) is 5.76 Å². The van der Waals surface area contributed by atoms with E-state index in [0.29, 0.717) is 22.8 Å². The largest absolute Gasteiger partial charge is 0.450 e. The van der Waals surface area contributed by atoms with E-state index in [1.165, 1.54) is 0 Å². The molecule has 146 valence electrons. The van der Waals surface area contributed by atoms with E-state index < -0.39 is 18.5 Å².